The number of aromatic nitrogens is 3. The van der Waals surface area contributed by atoms with E-state index in [4.69, 9.17) is 0 Å². The summed E-state index contributed by atoms with van der Waals surface area (Å²) in [6.45, 7) is 3.90. The molecular weight excluding hydrogens is 308 g/mol. The Hall–Kier alpha value is -1.77. The Kier molecular flexibility index (Phi) is 3.52. The molecule has 3 aromatic rings. The van der Waals surface area contributed by atoms with Gasteiger partial charge < -0.3 is 0 Å². The van der Waals surface area contributed by atoms with Crippen LogP contribution in [0, 0.1) is 13.8 Å². The summed E-state index contributed by atoms with van der Waals surface area (Å²) in [6, 6.07) is 6.80. The molecule has 0 aliphatic rings. The van der Waals surface area contributed by atoms with Crippen LogP contribution >= 0.6 is 11.3 Å². The summed E-state index contributed by atoms with van der Waals surface area (Å²) in [5, 5.41) is 5.16. The summed E-state index contributed by atoms with van der Waals surface area (Å²) < 4.78 is 28.6. The van der Waals surface area contributed by atoms with Crippen molar-refractivity contribution in [1.82, 2.24) is 19.3 Å². The van der Waals surface area contributed by atoms with Crippen LogP contribution in [-0.2, 0) is 16.6 Å². The molecule has 0 atom stereocenters. The van der Waals surface area contributed by atoms with E-state index in [-0.39, 0.29) is 11.4 Å². The molecule has 0 aliphatic heterocycles. The average molecular weight is 322 g/mol. The summed E-state index contributed by atoms with van der Waals surface area (Å²) in [7, 11) is -3.53. The molecule has 0 unspecified atom stereocenters. The maximum absolute atomic E-state index is 12.2. The number of imidazole rings is 1. The minimum Gasteiger partial charge on any atom is -0.221 e. The summed E-state index contributed by atoms with van der Waals surface area (Å²) in [4.78, 5) is 5.36. The van der Waals surface area contributed by atoms with Crippen molar-refractivity contribution >= 4 is 26.3 Å². The second-order valence-electron chi connectivity index (χ2n) is 4.72. The summed E-state index contributed by atoms with van der Waals surface area (Å²) in [5.41, 5.74) is 1.55. The smallest absolute Gasteiger partial charge is 0.221 e. The Morgan fingerprint density at radius 1 is 1.33 bits per heavy atom. The van der Waals surface area contributed by atoms with E-state index >= 15 is 0 Å². The van der Waals surface area contributed by atoms with Crippen LogP contribution in [0.3, 0.4) is 0 Å². The fraction of sp³-hybridized carbons (Fsp3) is 0.231. The third-order valence-electron chi connectivity index (χ3n) is 2.94. The summed E-state index contributed by atoms with van der Waals surface area (Å²) >= 11 is 1.47. The number of hydrogen-bond donors (Lipinski definition) is 1. The highest BCUT2D eigenvalue weighted by molar-refractivity contribution is 7.89. The zero-order valence-corrected chi connectivity index (χ0v) is 13.2. The Morgan fingerprint density at radius 3 is 2.86 bits per heavy atom. The number of nitrogens with zero attached hydrogens (tertiary/aromatic N) is 3. The van der Waals surface area contributed by atoms with Crippen molar-refractivity contribution in [3.8, 4) is 0 Å². The molecule has 6 nitrogen and oxygen atoms in total. The molecule has 0 amide bonds. The highest BCUT2D eigenvalue weighted by Crippen LogP contribution is 2.15. The van der Waals surface area contributed by atoms with Gasteiger partial charge in [0.05, 0.1) is 23.3 Å². The lowest BCUT2D eigenvalue weighted by molar-refractivity contribution is 0.580. The molecule has 2 aromatic heterocycles. The van der Waals surface area contributed by atoms with Crippen molar-refractivity contribution in [2.45, 2.75) is 25.3 Å². The van der Waals surface area contributed by atoms with E-state index in [9.17, 15) is 8.42 Å². The van der Waals surface area contributed by atoms with E-state index in [0.29, 0.717) is 5.69 Å². The van der Waals surface area contributed by atoms with E-state index in [1.54, 1.807) is 28.9 Å². The van der Waals surface area contributed by atoms with Gasteiger partial charge in [0.15, 0.2) is 0 Å². The predicted molar refractivity (Wildman–Crippen MR) is 80.8 cm³/mol. The summed E-state index contributed by atoms with van der Waals surface area (Å²) in [6.07, 6.45) is 1.73. The first-order chi connectivity index (χ1) is 9.94. The molecule has 3 rings (SSSR count). The lowest BCUT2D eigenvalue weighted by Gasteiger charge is -2.05. The standard InChI is InChI=1S/C13H14N4O2S2/c1-9-4-3-5-12(6-9)21(18,19)14-7-11-8-17-13(15-11)20-10(2)16-17/h3-6,8,14H,7H2,1-2H3. The topological polar surface area (TPSA) is 76.4 Å². The van der Waals surface area contributed by atoms with Gasteiger partial charge in [0.1, 0.15) is 5.01 Å². The van der Waals surface area contributed by atoms with Gasteiger partial charge >= 0.3 is 0 Å². The van der Waals surface area contributed by atoms with Crippen LogP contribution in [0.15, 0.2) is 35.4 Å². The molecule has 0 spiro atoms. The van der Waals surface area contributed by atoms with Crippen LogP contribution in [0.5, 0.6) is 0 Å². The fourth-order valence-corrected chi connectivity index (χ4v) is 3.81. The van der Waals surface area contributed by atoms with Crippen molar-refractivity contribution in [2.24, 2.45) is 0 Å². The average Bonchev–Trinajstić information content (AvgIpc) is 2.93. The molecule has 0 saturated carbocycles. The number of aryl methyl sites for hydroxylation is 2. The lowest BCUT2D eigenvalue weighted by Crippen LogP contribution is -2.23. The van der Waals surface area contributed by atoms with Crippen molar-refractivity contribution in [3.63, 3.8) is 0 Å². The van der Waals surface area contributed by atoms with Crippen molar-refractivity contribution in [3.05, 3.63) is 46.7 Å². The van der Waals surface area contributed by atoms with Crippen LogP contribution in [0.25, 0.3) is 4.96 Å². The second kappa shape index (κ2) is 5.21. The van der Waals surface area contributed by atoms with Crippen molar-refractivity contribution < 1.29 is 8.42 Å². The highest BCUT2D eigenvalue weighted by atomic mass is 32.2. The number of fused-ring (bicyclic) bond motifs is 1. The van der Waals surface area contributed by atoms with Gasteiger partial charge in [-0.1, -0.05) is 23.5 Å². The van der Waals surface area contributed by atoms with E-state index < -0.39 is 10.0 Å². The molecule has 0 radical (unpaired) electrons. The van der Waals surface area contributed by atoms with Crippen LogP contribution in [0.1, 0.15) is 16.3 Å². The Labute approximate surface area is 126 Å². The van der Waals surface area contributed by atoms with Gasteiger partial charge in [0, 0.05) is 0 Å². The lowest BCUT2D eigenvalue weighted by atomic mass is 10.2. The van der Waals surface area contributed by atoms with Crippen LogP contribution in [0.2, 0.25) is 0 Å². The minimum absolute atomic E-state index is 0.144. The van der Waals surface area contributed by atoms with Crippen LogP contribution < -0.4 is 4.72 Å². The SMILES string of the molecule is Cc1cccc(S(=O)(=O)NCc2cn3nc(C)sc3n2)c1. The first-order valence-electron chi connectivity index (χ1n) is 6.32. The van der Waals surface area contributed by atoms with Gasteiger partial charge in [-0.2, -0.15) is 5.10 Å². The Morgan fingerprint density at radius 2 is 2.14 bits per heavy atom. The van der Waals surface area contributed by atoms with E-state index in [2.05, 4.69) is 14.8 Å². The van der Waals surface area contributed by atoms with Crippen molar-refractivity contribution in [2.75, 3.05) is 0 Å². The quantitative estimate of drug-likeness (QED) is 0.796. The highest BCUT2D eigenvalue weighted by Gasteiger charge is 2.15. The molecule has 21 heavy (non-hydrogen) atoms. The Bertz CT molecular complexity index is 864. The number of rotatable bonds is 4. The maximum atomic E-state index is 12.2. The van der Waals surface area contributed by atoms with Gasteiger partial charge in [0.2, 0.25) is 15.0 Å². The van der Waals surface area contributed by atoms with E-state index in [1.807, 2.05) is 19.9 Å². The van der Waals surface area contributed by atoms with Crippen LogP contribution in [-0.4, -0.2) is 23.0 Å². The molecule has 1 aromatic carbocycles. The fourth-order valence-electron chi connectivity index (χ4n) is 1.96. The van der Waals surface area contributed by atoms with Crippen LogP contribution in [0.4, 0.5) is 0 Å². The molecule has 0 fully saturated rings. The van der Waals surface area contributed by atoms with Gasteiger partial charge in [0.25, 0.3) is 0 Å². The minimum atomic E-state index is -3.53. The first-order valence-corrected chi connectivity index (χ1v) is 8.62. The molecule has 110 valence electrons. The Balaban J connectivity index is 1.78. The molecule has 0 aliphatic carbocycles. The van der Waals surface area contributed by atoms with Gasteiger partial charge in [-0.15, -0.1) is 0 Å². The maximum Gasteiger partial charge on any atom is 0.240 e. The van der Waals surface area contributed by atoms with Gasteiger partial charge in [-0.3, -0.25) is 0 Å². The zero-order valence-electron chi connectivity index (χ0n) is 11.6. The molecule has 0 saturated heterocycles. The molecule has 8 heteroatoms. The number of benzene rings is 1. The number of sulfonamides is 1. The normalized spacial score (nSPS) is 12.1. The van der Waals surface area contributed by atoms with Gasteiger partial charge in [-0.05, 0) is 31.5 Å². The second-order valence-corrected chi connectivity index (χ2v) is 7.65. The zero-order chi connectivity index (χ0) is 15.0. The van der Waals surface area contributed by atoms with E-state index in [1.165, 1.54) is 11.3 Å². The number of hydrogen-bond acceptors (Lipinski definition) is 5. The molecule has 1 N–H and O–H groups in total. The first kappa shape index (κ1) is 14.2. The molecular formula is C13H14N4O2S2. The molecule has 2 heterocycles. The molecule has 0 bridgehead atoms. The third-order valence-corrected chi connectivity index (χ3v) is 5.17. The summed E-state index contributed by atoms with van der Waals surface area (Å²) in [5.74, 6) is 0. The van der Waals surface area contributed by atoms with E-state index in [0.717, 1.165) is 15.5 Å². The number of nitrogens with one attached hydrogen (secondary N) is 1. The third kappa shape index (κ3) is 2.97. The predicted octanol–water partition coefficient (Wildman–Crippen LogP) is 1.89. The van der Waals surface area contributed by atoms with Crippen molar-refractivity contribution in [1.29, 1.82) is 0 Å². The monoisotopic (exact) mass is 322 g/mol. The largest absolute Gasteiger partial charge is 0.240 e. The van der Waals surface area contributed by atoms with Gasteiger partial charge in [-0.25, -0.2) is 22.6 Å².